The van der Waals surface area contributed by atoms with Crippen LogP contribution in [0, 0.1) is 10.1 Å². The highest BCUT2D eigenvalue weighted by Crippen LogP contribution is 2.41. The van der Waals surface area contributed by atoms with Crippen LogP contribution in [0.3, 0.4) is 0 Å². The van der Waals surface area contributed by atoms with Gasteiger partial charge in [-0.25, -0.2) is 0 Å². The van der Waals surface area contributed by atoms with Crippen molar-refractivity contribution in [3.8, 4) is 0 Å². The van der Waals surface area contributed by atoms with Crippen LogP contribution in [0.2, 0.25) is 0 Å². The Morgan fingerprint density at radius 2 is 1.38 bits per heavy atom. The van der Waals surface area contributed by atoms with Crippen LogP contribution in [-0.4, -0.2) is 30.2 Å². The van der Waals surface area contributed by atoms with Crippen molar-refractivity contribution in [3.63, 3.8) is 0 Å². The molecule has 144 valence electrons. The summed E-state index contributed by atoms with van der Waals surface area (Å²) in [5, 5.41) is 21.7. The lowest BCUT2D eigenvalue weighted by molar-refractivity contribution is -0.384. The fourth-order valence-corrected chi connectivity index (χ4v) is 4.38. The number of benzene rings is 4. The van der Waals surface area contributed by atoms with Gasteiger partial charge in [0, 0.05) is 41.6 Å². The summed E-state index contributed by atoms with van der Waals surface area (Å²) in [5.74, 6) is 0. The van der Waals surface area contributed by atoms with Crippen LogP contribution < -0.4 is 0 Å². The summed E-state index contributed by atoms with van der Waals surface area (Å²) >= 11 is 1.62. The molecule has 0 fully saturated rings. The molecule has 0 atom stereocenters. The summed E-state index contributed by atoms with van der Waals surface area (Å²) in [7, 11) is 3.80. The summed E-state index contributed by atoms with van der Waals surface area (Å²) in [6, 6.07) is 23.3. The van der Waals surface area contributed by atoms with Gasteiger partial charge in [-0.3, -0.25) is 10.1 Å². The molecule has 0 aliphatic carbocycles. The lowest BCUT2D eigenvalue weighted by atomic mass is 9.97. The van der Waals surface area contributed by atoms with Gasteiger partial charge in [0.15, 0.2) is 0 Å². The molecule has 0 spiro atoms. The Hall–Kier alpha value is -3.38. The molecule has 29 heavy (non-hydrogen) atoms. The van der Waals surface area contributed by atoms with Crippen LogP contribution >= 0.6 is 11.8 Å². The molecule has 0 aliphatic rings. The van der Waals surface area contributed by atoms with Gasteiger partial charge in [0.1, 0.15) is 0 Å². The van der Waals surface area contributed by atoms with E-state index in [0.717, 1.165) is 36.9 Å². The number of hydrogen-bond acceptors (Lipinski definition) is 5. The van der Waals surface area contributed by atoms with Gasteiger partial charge in [-0.15, -0.1) is 0 Å². The summed E-state index contributed by atoms with van der Waals surface area (Å²) < 4.78 is 0. The van der Waals surface area contributed by atoms with Crippen molar-refractivity contribution < 1.29 is 4.92 Å². The van der Waals surface area contributed by atoms with E-state index in [-0.39, 0.29) is 10.6 Å². The quantitative estimate of drug-likeness (QED) is 0.179. The summed E-state index contributed by atoms with van der Waals surface area (Å²) in [6.07, 6.45) is 1.91. The van der Waals surface area contributed by atoms with Crippen molar-refractivity contribution in [2.24, 2.45) is 5.10 Å². The molecule has 0 unspecified atom stereocenters. The van der Waals surface area contributed by atoms with Crippen molar-refractivity contribution in [1.82, 2.24) is 5.01 Å². The van der Waals surface area contributed by atoms with E-state index in [1.54, 1.807) is 41.0 Å². The number of hydrazone groups is 1. The van der Waals surface area contributed by atoms with E-state index in [1.165, 1.54) is 0 Å². The van der Waals surface area contributed by atoms with Crippen molar-refractivity contribution in [1.29, 1.82) is 0 Å². The Kier molecular flexibility index (Phi) is 5.18. The highest BCUT2D eigenvalue weighted by Gasteiger charge is 2.14. The van der Waals surface area contributed by atoms with Gasteiger partial charge in [0.05, 0.1) is 11.1 Å². The molecule has 0 radical (unpaired) electrons. The molecular weight excluding hydrogens is 382 g/mol. The second kappa shape index (κ2) is 7.93. The average Bonchev–Trinajstić information content (AvgIpc) is 2.73. The van der Waals surface area contributed by atoms with E-state index in [2.05, 4.69) is 29.4 Å². The minimum Gasteiger partial charge on any atom is -0.303 e. The van der Waals surface area contributed by atoms with Gasteiger partial charge < -0.3 is 5.01 Å². The third-order valence-corrected chi connectivity index (χ3v) is 5.76. The predicted molar refractivity (Wildman–Crippen MR) is 120 cm³/mol. The summed E-state index contributed by atoms with van der Waals surface area (Å²) in [4.78, 5) is 12.7. The minimum atomic E-state index is -0.377. The van der Waals surface area contributed by atoms with E-state index in [4.69, 9.17) is 0 Å². The second-order valence-corrected chi connectivity index (χ2v) is 7.86. The standard InChI is InChI=1S/C23H19N3O2S/c1-25(2)24-15-22-18-7-3-5-9-20(18)23(21-10-6-4-8-19(21)22)29-17-13-11-16(12-14-17)26(27)28/h3-15H,1-2H3/b24-15-. The van der Waals surface area contributed by atoms with Crippen molar-refractivity contribution >= 4 is 45.2 Å². The molecule has 0 heterocycles. The Balaban J connectivity index is 1.93. The molecular formula is C23H19N3O2S. The molecule has 4 aromatic rings. The van der Waals surface area contributed by atoms with Crippen LogP contribution in [0.1, 0.15) is 5.56 Å². The maximum absolute atomic E-state index is 11.0. The van der Waals surface area contributed by atoms with Crippen LogP contribution in [0.5, 0.6) is 0 Å². The zero-order valence-electron chi connectivity index (χ0n) is 16.1. The topological polar surface area (TPSA) is 58.7 Å². The number of nitro groups is 1. The molecule has 0 saturated carbocycles. The first-order chi connectivity index (χ1) is 14.0. The number of non-ortho nitro benzene ring substituents is 1. The highest BCUT2D eigenvalue weighted by molar-refractivity contribution is 7.99. The Labute approximate surface area is 172 Å². The van der Waals surface area contributed by atoms with Gasteiger partial charge in [-0.2, -0.15) is 5.10 Å². The van der Waals surface area contributed by atoms with Gasteiger partial charge in [0.25, 0.3) is 5.69 Å². The molecule has 5 nitrogen and oxygen atoms in total. The Morgan fingerprint density at radius 1 is 0.862 bits per heavy atom. The molecule has 0 bridgehead atoms. The van der Waals surface area contributed by atoms with E-state index in [9.17, 15) is 10.1 Å². The zero-order chi connectivity index (χ0) is 20.4. The molecule has 6 heteroatoms. The third kappa shape index (κ3) is 3.79. The minimum absolute atomic E-state index is 0.0966. The number of fused-ring (bicyclic) bond motifs is 2. The van der Waals surface area contributed by atoms with Crippen molar-refractivity contribution in [2.45, 2.75) is 9.79 Å². The highest BCUT2D eigenvalue weighted by atomic mass is 32.2. The maximum Gasteiger partial charge on any atom is 0.269 e. The molecule has 4 rings (SSSR count). The second-order valence-electron chi connectivity index (χ2n) is 6.78. The van der Waals surface area contributed by atoms with E-state index >= 15 is 0 Å². The van der Waals surface area contributed by atoms with E-state index in [1.807, 2.05) is 44.6 Å². The molecule has 0 N–H and O–H groups in total. The number of rotatable bonds is 5. The van der Waals surface area contributed by atoms with Crippen LogP contribution in [-0.2, 0) is 0 Å². The molecule has 0 aliphatic heterocycles. The van der Waals surface area contributed by atoms with Crippen LogP contribution in [0.25, 0.3) is 21.5 Å². The fourth-order valence-electron chi connectivity index (χ4n) is 3.30. The Bertz CT molecular complexity index is 1180. The van der Waals surface area contributed by atoms with Gasteiger partial charge in [-0.1, -0.05) is 60.3 Å². The zero-order valence-corrected chi connectivity index (χ0v) is 16.9. The van der Waals surface area contributed by atoms with Gasteiger partial charge in [-0.05, 0) is 33.7 Å². The maximum atomic E-state index is 11.0. The first-order valence-electron chi connectivity index (χ1n) is 9.11. The van der Waals surface area contributed by atoms with Crippen LogP contribution in [0.15, 0.2) is 87.7 Å². The number of nitrogens with zero attached hydrogens (tertiary/aromatic N) is 3. The molecule has 0 saturated heterocycles. The monoisotopic (exact) mass is 401 g/mol. The van der Waals surface area contributed by atoms with Crippen LogP contribution in [0.4, 0.5) is 5.69 Å². The van der Waals surface area contributed by atoms with Crippen molar-refractivity contribution in [3.05, 3.63) is 88.5 Å². The van der Waals surface area contributed by atoms with Gasteiger partial charge >= 0.3 is 0 Å². The predicted octanol–water partition coefficient (Wildman–Crippen LogP) is 5.95. The largest absolute Gasteiger partial charge is 0.303 e. The Morgan fingerprint density at radius 3 is 1.86 bits per heavy atom. The van der Waals surface area contributed by atoms with E-state index in [0.29, 0.717) is 0 Å². The van der Waals surface area contributed by atoms with Crippen molar-refractivity contribution in [2.75, 3.05) is 14.1 Å². The smallest absolute Gasteiger partial charge is 0.269 e. The number of nitro benzene ring substituents is 1. The molecule has 0 amide bonds. The molecule has 0 aromatic heterocycles. The summed E-state index contributed by atoms with van der Waals surface area (Å²) in [5.41, 5.74) is 1.18. The third-order valence-electron chi connectivity index (χ3n) is 4.61. The first-order valence-corrected chi connectivity index (χ1v) is 9.93. The lowest BCUT2D eigenvalue weighted by Crippen LogP contribution is -2.02. The molecule has 4 aromatic carbocycles. The van der Waals surface area contributed by atoms with E-state index < -0.39 is 0 Å². The SMILES string of the molecule is CN(C)/N=C\c1c2ccccc2c(Sc2ccc([N+](=O)[O-])cc2)c2ccccc12. The number of hydrogen-bond donors (Lipinski definition) is 0. The summed E-state index contributed by atoms with van der Waals surface area (Å²) in [6.45, 7) is 0. The average molecular weight is 401 g/mol. The normalized spacial score (nSPS) is 11.4. The first kappa shape index (κ1) is 19.0. The lowest BCUT2D eigenvalue weighted by Gasteiger charge is -2.15. The van der Waals surface area contributed by atoms with Gasteiger partial charge in [0.2, 0.25) is 0 Å². The fraction of sp³-hybridized carbons (Fsp3) is 0.0870.